The minimum absolute atomic E-state index is 0.140. The smallest absolute Gasteiger partial charge is 0.339 e. The first-order chi connectivity index (χ1) is 7.65. The van der Waals surface area contributed by atoms with Crippen LogP contribution in [0.3, 0.4) is 0 Å². The van der Waals surface area contributed by atoms with Crippen molar-refractivity contribution in [3.05, 3.63) is 36.4 Å². The number of aromatic nitrogens is 2. The van der Waals surface area contributed by atoms with Crippen LogP contribution in [0, 0.1) is 0 Å². The molecule has 1 rings (SSSR count). The van der Waals surface area contributed by atoms with E-state index in [9.17, 15) is 4.79 Å². The summed E-state index contributed by atoms with van der Waals surface area (Å²) in [6, 6.07) is 0.245. The second-order valence-corrected chi connectivity index (χ2v) is 3.49. The standard InChI is InChI=1S/C11H15N3O2/c1-3-4-8(2)13-6-10-9(11(15)16)5-12-7-14-10/h3,5,7-8,13H,1,4,6H2,2H3,(H,15,16). The number of rotatable bonds is 6. The summed E-state index contributed by atoms with van der Waals surface area (Å²) in [4.78, 5) is 18.5. The van der Waals surface area contributed by atoms with E-state index in [1.54, 1.807) is 0 Å². The fraction of sp³-hybridized carbons (Fsp3) is 0.364. The van der Waals surface area contributed by atoms with Crippen molar-refractivity contribution >= 4 is 5.97 Å². The third-order valence-electron chi connectivity index (χ3n) is 2.16. The lowest BCUT2D eigenvalue weighted by Gasteiger charge is -2.11. The molecule has 16 heavy (non-hydrogen) atoms. The Morgan fingerprint density at radius 3 is 3.12 bits per heavy atom. The lowest BCUT2D eigenvalue weighted by molar-refractivity contribution is 0.0694. The van der Waals surface area contributed by atoms with Gasteiger partial charge in [0.2, 0.25) is 0 Å². The van der Waals surface area contributed by atoms with E-state index in [4.69, 9.17) is 5.11 Å². The average molecular weight is 221 g/mol. The summed E-state index contributed by atoms with van der Waals surface area (Å²) >= 11 is 0. The van der Waals surface area contributed by atoms with Crippen molar-refractivity contribution in [1.82, 2.24) is 15.3 Å². The number of carbonyl (C=O) groups is 1. The van der Waals surface area contributed by atoms with Crippen molar-refractivity contribution in [2.75, 3.05) is 0 Å². The van der Waals surface area contributed by atoms with Crippen LogP contribution < -0.4 is 5.32 Å². The Morgan fingerprint density at radius 2 is 2.50 bits per heavy atom. The number of nitrogens with one attached hydrogen (secondary N) is 1. The average Bonchev–Trinajstić information content (AvgIpc) is 2.27. The molecular weight excluding hydrogens is 206 g/mol. The summed E-state index contributed by atoms with van der Waals surface area (Å²) in [5.74, 6) is -1.01. The van der Waals surface area contributed by atoms with Crippen LogP contribution in [-0.4, -0.2) is 27.1 Å². The maximum atomic E-state index is 10.9. The Balaban J connectivity index is 2.66. The van der Waals surface area contributed by atoms with E-state index < -0.39 is 5.97 Å². The number of hydrogen-bond donors (Lipinski definition) is 2. The molecule has 2 N–H and O–H groups in total. The lowest BCUT2D eigenvalue weighted by atomic mass is 10.2. The van der Waals surface area contributed by atoms with E-state index in [-0.39, 0.29) is 11.6 Å². The van der Waals surface area contributed by atoms with Crippen molar-refractivity contribution in [1.29, 1.82) is 0 Å². The quantitative estimate of drug-likeness (QED) is 0.707. The highest BCUT2D eigenvalue weighted by atomic mass is 16.4. The van der Waals surface area contributed by atoms with Crippen LogP contribution in [0.1, 0.15) is 29.4 Å². The Kier molecular flexibility index (Phi) is 4.60. The number of aromatic carboxylic acids is 1. The molecule has 1 unspecified atom stereocenters. The maximum absolute atomic E-state index is 10.9. The lowest BCUT2D eigenvalue weighted by Crippen LogP contribution is -2.26. The zero-order valence-electron chi connectivity index (χ0n) is 9.18. The molecule has 0 spiro atoms. The van der Waals surface area contributed by atoms with E-state index >= 15 is 0 Å². The fourth-order valence-electron chi connectivity index (χ4n) is 1.28. The van der Waals surface area contributed by atoms with Crippen molar-refractivity contribution in [2.24, 2.45) is 0 Å². The fourth-order valence-corrected chi connectivity index (χ4v) is 1.28. The van der Waals surface area contributed by atoms with Crippen molar-refractivity contribution in [2.45, 2.75) is 25.9 Å². The SMILES string of the molecule is C=CCC(C)NCc1ncncc1C(=O)O. The molecule has 1 atom stereocenters. The molecule has 1 aromatic heterocycles. The predicted octanol–water partition coefficient (Wildman–Crippen LogP) is 1.23. The van der Waals surface area contributed by atoms with Crippen LogP contribution >= 0.6 is 0 Å². The second-order valence-electron chi connectivity index (χ2n) is 3.49. The zero-order chi connectivity index (χ0) is 12.0. The molecule has 86 valence electrons. The molecular formula is C11H15N3O2. The highest BCUT2D eigenvalue weighted by molar-refractivity contribution is 5.88. The zero-order valence-corrected chi connectivity index (χ0v) is 9.18. The van der Waals surface area contributed by atoms with Crippen LogP contribution in [0.5, 0.6) is 0 Å². The van der Waals surface area contributed by atoms with Gasteiger partial charge in [0, 0.05) is 18.8 Å². The van der Waals surface area contributed by atoms with Crippen molar-refractivity contribution in [3.8, 4) is 0 Å². The summed E-state index contributed by atoms with van der Waals surface area (Å²) in [7, 11) is 0. The van der Waals surface area contributed by atoms with E-state index in [1.807, 2.05) is 13.0 Å². The normalized spacial score (nSPS) is 12.1. The molecule has 0 radical (unpaired) electrons. The molecule has 5 nitrogen and oxygen atoms in total. The van der Waals surface area contributed by atoms with Gasteiger partial charge in [-0.3, -0.25) is 0 Å². The van der Waals surface area contributed by atoms with Crippen LogP contribution in [-0.2, 0) is 6.54 Å². The van der Waals surface area contributed by atoms with Crippen LogP contribution in [0.25, 0.3) is 0 Å². The Morgan fingerprint density at radius 1 is 1.75 bits per heavy atom. The predicted molar refractivity (Wildman–Crippen MR) is 60.1 cm³/mol. The van der Waals surface area contributed by atoms with Gasteiger partial charge in [-0.1, -0.05) is 6.08 Å². The van der Waals surface area contributed by atoms with Gasteiger partial charge in [0.1, 0.15) is 11.9 Å². The van der Waals surface area contributed by atoms with Gasteiger partial charge < -0.3 is 10.4 Å². The first-order valence-electron chi connectivity index (χ1n) is 5.01. The van der Waals surface area contributed by atoms with Gasteiger partial charge in [0.25, 0.3) is 0 Å². The van der Waals surface area contributed by atoms with E-state index in [2.05, 4.69) is 21.9 Å². The highest BCUT2D eigenvalue weighted by Crippen LogP contribution is 2.04. The Labute approximate surface area is 94.2 Å². The Hall–Kier alpha value is -1.75. The molecule has 0 bridgehead atoms. The van der Waals surface area contributed by atoms with E-state index in [0.29, 0.717) is 12.2 Å². The third-order valence-corrected chi connectivity index (χ3v) is 2.16. The van der Waals surface area contributed by atoms with Gasteiger partial charge >= 0.3 is 5.97 Å². The van der Waals surface area contributed by atoms with Crippen LogP contribution in [0.2, 0.25) is 0 Å². The van der Waals surface area contributed by atoms with Crippen molar-refractivity contribution in [3.63, 3.8) is 0 Å². The van der Waals surface area contributed by atoms with Gasteiger partial charge in [-0.25, -0.2) is 14.8 Å². The summed E-state index contributed by atoms with van der Waals surface area (Å²) in [5, 5.41) is 12.1. The monoisotopic (exact) mass is 221 g/mol. The summed E-state index contributed by atoms with van der Waals surface area (Å²) in [6.45, 7) is 6.06. The molecule has 1 aromatic rings. The second kappa shape index (κ2) is 5.97. The molecule has 1 heterocycles. The van der Waals surface area contributed by atoms with Crippen LogP contribution in [0.15, 0.2) is 25.2 Å². The first-order valence-corrected chi connectivity index (χ1v) is 5.01. The number of carboxylic acids is 1. The molecule has 0 amide bonds. The molecule has 0 saturated carbocycles. The Bertz CT molecular complexity index is 379. The number of carboxylic acid groups (broad SMARTS) is 1. The largest absolute Gasteiger partial charge is 0.478 e. The van der Waals surface area contributed by atoms with Gasteiger partial charge in [-0.15, -0.1) is 6.58 Å². The summed E-state index contributed by atoms with van der Waals surface area (Å²) in [5.41, 5.74) is 0.638. The maximum Gasteiger partial charge on any atom is 0.339 e. The number of hydrogen-bond acceptors (Lipinski definition) is 4. The summed E-state index contributed by atoms with van der Waals surface area (Å²) in [6.07, 6.45) is 5.30. The highest BCUT2D eigenvalue weighted by Gasteiger charge is 2.11. The van der Waals surface area contributed by atoms with Crippen LogP contribution in [0.4, 0.5) is 0 Å². The van der Waals surface area contributed by atoms with E-state index in [0.717, 1.165) is 6.42 Å². The topological polar surface area (TPSA) is 75.1 Å². The first kappa shape index (κ1) is 12.3. The molecule has 0 aliphatic carbocycles. The molecule has 0 fully saturated rings. The molecule has 0 aromatic carbocycles. The molecule has 0 aliphatic rings. The third kappa shape index (κ3) is 3.43. The van der Waals surface area contributed by atoms with Gasteiger partial charge in [-0.2, -0.15) is 0 Å². The van der Waals surface area contributed by atoms with Gasteiger partial charge in [0.15, 0.2) is 0 Å². The van der Waals surface area contributed by atoms with Gasteiger partial charge in [-0.05, 0) is 13.3 Å². The van der Waals surface area contributed by atoms with E-state index in [1.165, 1.54) is 12.5 Å². The van der Waals surface area contributed by atoms with Crippen molar-refractivity contribution < 1.29 is 9.90 Å². The molecule has 0 saturated heterocycles. The van der Waals surface area contributed by atoms with Gasteiger partial charge in [0.05, 0.1) is 5.69 Å². The summed E-state index contributed by atoms with van der Waals surface area (Å²) < 4.78 is 0. The minimum Gasteiger partial charge on any atom is -0.478 e. The minimum atomic E-state index is -1.01. The number of nitrogens with zero attached hydrogens (tertiary/aromatic N) is 2. The molecule has 5 heteroatoms. The molecule has 0 aliphatic heterocycles.